The SMILES string of the molecule is C[C@@H](C(=O)Nc1cccc(S(=O)(=O)N(C)C)c1)N(C)c1ccc2ccccc2c1. The van der Waals surface area contributed by atoms with Gasteiger partial charge in [0.05, 0.1) is 4.90 Å². The molecule has 0 fully saturated rings. The third-order valence-electron chi connectivity index (χ3n) is 4.98. The van der Waals surface area contributed by atoms with Crippen LogP contribution in [0.3, 0.4) is 0 Å². The van der Waals surface area contributed by atoms with Crippen molar-refractivity contribution in [3.8, 4) is 0 Å². The molecule has 3 aromatic carbocycles. The normalized spacial score (nSPS) is 12.7. The fraction of sp³-hybridized carbons (Fsp3) is 0.227. The van der Waals surface area contributed by atoms with Crippen molar-refractivity contribution in [3.63, 3.8) is 0 Å². The van der Waals surface area contributed by atoms with Crippen LogP contribution in [0, 0.1) is 0 Å². The van der Waals surface area contributed by atoms with Crippen molar-refractivity contribution in [3.05, 3.63) is 66.7 Å². The number of nitrogens with one attached hydrogen (secondary N) is 1. The maximum atomic E-state index is 12.8. The Balaban J connectivity index is 1.78. The molecule has 6 nitrogen and oxygen atoms in total. The summed E-state index contributed by atoms with van der Waals surface area (Å²) in [5.74, 6) is -0.222. The van der Waals surface area contributed by atoms with Crippen molar-refractivity contribution in [2.24, 2.45) is 0 Å². The molecule has 0 unspecified atom stereocenters. The summed E-state index contributed by atoms with van der Waals surface area (Å²) in [4.78, 5) is 14.8. The van der Waals surface area contributed by atoms with Crippen LogP contribution in [-0.2, 0) is 14.8 Å². The van der Waals surface area contributed by atoms with Crippen LogP contribution in [0.5, 0.6) is 0 Å². The number of nitrogens with zero attached hydrogens (tertiary/aromatic N) is 2. The number of sulfonamides is 1. The van der Waals surface area contributed by atoms with Crippen LogP contribution in [0.2, 0.25) is 0 Å². The third kappa shape index (κ3) is 4.41. The van der Waals surface area contributed by atoms with Gasteiger partial charge in [-0.25, -0.2) is 12.7 Å². The lowest BCUT2D eigenvalue weighted by Gasteiger charge is -2.26. The largest absolute Gasteiger partial charge is 0.363 e. The van der Waals surface area contributed by atoms with Crippen molar-refractivity contribution in [1.29, 1.82) is 0 Å². The topological polar surface area (TPSA) is 69.7 Å². The molecule has 0 aromatic heterocycles. The lowest BCUT2D eigenvalue weighted by molar-refractivity contribution is -0.117. The van der Waals surface area contributed by atoms with E-state index in [-0.39, 0.29) is 10.8 Å². The molecule has 0 saturated heterocycles. The van der Waals surface area contributed by atoms with E-state index < -0.39 is 16.1 Å². The molecule has 0 aliphatic heterocycles. The zero-order chi connectivity index (χ0) is 21.2. The molecule has 0 saturated carbocycles. The molecule has 29 heavy (non-hydrogen) atoms. The minimum Gasteiger partial charge on any atom is -0.363 e. The minimum atomic E-state index is -3.56. The van der Waals surface area contributed by atoms with Crippen LogP contribution in [0.15, 0.2) is 71.6 Å². The summed E-state index contributed by atoms with van der Waals surface area (Å²) in [5, 5.41) is 5.06. The number of rotatable bonds is 6. The fourth-order valence-electron chi connectivity index (χ4n) is 2.99. The van der Waals surface area contributed by atoms with Crippen LogP contribution < -0.4 is 10.2 Å². The number of hydrogen-bond acceptors (Lipinski definition) is 4. The van der Waals surface area contributed by atoms with Crippen molar-refractivity contribution < 1.29 is 13.2 Å². The van der Waals surface area contributed by atoms with Crippen molar-refractivity contribution in [1.82, 2.24) is 4.31 Å². The highest BCUT2D eigenvalue weighted by atomic mass is 32.2. The molecule has 0 aliphatic carbocycles. The predicted octanol–water partition coefficient (Wildman–Crippen LogP) is 3.55. The average molecular weight is 412 g/mol. The van der Waals surface area contributed by atoms with Gasteiger partial charge in [-0.05, 0) is 48.0 Å². The van der Waals surface area contributed by atoms with Crippen LogP contribution in [0.1, 0.15) is 6.92 Å². The highest BCUT2D eigenvalue weighted by Gasteiger charge is 2.21. The van der Waals surface area contributed by atoms with Crippen LogP contribution in [-0.4, -0.2) is 45.8 Å². The zero-order valence-corrected chi connectivity index (χ0v) is 17.8. The number of carbonyl (C=O) groups excluding carboxylic acids is 1. The molecule has 1 atom stereocenters. The maximum absolute atomic E-state index is 12.8. The number of carbonyl (C=O) groups is 1. The van der Waals surface area contributed by atoms with Gasteiger partial charge in [0.1, 0.15) is 6.04 Å². The van der Waals surface area contributed by atoms with Crippen molar-refractivity contribution in [2.45, 2.75) is 17.9 Å². The summed E-state index contributed by atoms with van der Waals surface area (Å²) in [6.07, 6.45) is 0. The van der Waals surface area contributed by atoms with E-state index in [1.807, 2.05) is 61.3 Å². The Kier molecular flexibility index (Phi) is 5.91. The Bertz CT molecular complexity index is 1140. The number of benzene rings is 3. The lowest BCUT2D eigenvalue weighted by Crippen LogP contribution is -2.39. The average Bonchev–Trinajstić information content (AvgIpc) is 2.72. The Hall–Kier alpha value is -2.90. The first-order valence-electron chi connectivity index (χ1n) is 9.25. The smallest absolute Gasteiger partial charge is 0.246 e. The third-order valence-corrected chi connectivity index (χ3v) is 6.79. The maximum Gasteiger partial charge on any atom is 0.246 e. The van der Waals surface area contributed by atoms with Crippen LogP contribution in [0.25, 0.3) is 10.8 Å². The summed E-state index contributed by atoms with van der Waals surface area (Å²) in [6.45, 7) is 1.81. The van der Waals surface area contributed by atoms with E-state index in [0.717, 1.165) is 20.8 Å². The van der Waals surface area contributed by atoms with Gasteiger partial charge in [0.2, 0.25) is 15.9 Å². The van der Waals surface area contributed by atoms with E-state index in [2.05, 4.69) is 5.32 Å². The zero-order valence-electron chi connectivity index (χ0n) is 17.0. The molecule has 3 rings (SSSR count). The fourth-order valence-corrected chi connectivity index (χ4v) is 3.94. The minimum absolute atomic E-state index is 0.135. The summed E-state index contributed by atoms with van der Waals surface area (Å²) < 4.78 is 25.8. The predicted molar refractivity (Wildman–Crippen MR) is 118 cm³/mol. The first kappa shape index (κ1) is 20.8. The first-order valence-corrected chi connectivity index (χ1v) is 10.7. The summed E-state index contributed by atoms with van der Waals surface area (Å²) in [7, 11) is 1.25. The lowest BCUT2D eigenvalue weighted by atomic mass is 10.1. The Morgan fingerprint density at radius 3 is 2.28 bits per heavy atom. The molecule has 7 heteroatoms. The second kappa shape index (κ2) is 8.23. The number of fused-ring (bicyclic) bond motifs is 1. The van der Waals surface area contributed by atoms with Gasteiger partial charge >= 0.3 is 0 Å². The first-order chi connectivity index (χ1) is 13.7. The quantitative estimate of drug-likeness (QED) is 0.673. The second-order valence-corrected chi connectivity index (χ2v) is 9.27. The van der Waals surface area contributed by atoms with Gasteiger partial charge in [-0.2, -0.15) is 0 Å². The molecule has 1 amide bonds. The van der Waals surface area contributed by atoms with Gasteiger partial charge in [0, 0.05) is 32.5 Å². The molecular formula is C22H25N3O3S. The van der Waals surface area contributed by atoms with E-state index in [4.69, 9.17) is 0 Å². The van der Waals surface area contributed by atoms with Crippen LogP contribution in [0.4, 0.5) is 11.4 Å². The Labute approximate surface area is 171 Å². The van der Waals surface area contributed by atoms with E-state index in [1.54, 1.807) is 12.1 Å². The van der Waals surface area contributed by atoms with E-state index >= 15 is 0 Å². The Morgan fingerprint density at radius 2 is 1.59 bits per heavy atom. The number of hydrogen-bond donors (Lipinski definition) is 1. The van der Waals surface area contributed by atoms with Gasteiger partial charge in [-0.15, -0.1) is 0 Å². The molecule has 1 N–H and O–H groups in total. The second-order valence-electron chi connectivity index (χ2n) is 7.12. The van der Waals surface area contributed by atoms with Crippen LogP contribution >= 0.6 is 0 Å². The van der Waals surface area contributed by atoms with Gasteiger partial charge in [0.25, 0.3) is 0 Å². The van der Waals surface area contributed by atoms with Gasteiger partial charge in [0.15, 0.2) is 0 Å². The molecule has 0 heterocycles. The summed E-state index contributed by atoms with van der Waals surface area (Å²) in [6, 6.07) is 19.9. The van der Waals surface area contributed by atoms with E-state index in [1.165, 1.54) is 26.2 Å². The van der Waals surface area contributed by atoms with E-state index in [0.29, 0.717) is 5.69 Å². The van der Waals surface area contributed by atoms with E-state index in [9.17, 15) is 13.2 Å². The highest BCUT2D eigenvalue weighted by molar-refractivity contribution is 7.89. The monoisotopic (exact) mass is 411 g/mol. The van der Waals surface area contributed by atoms with Crippen molar-refractivity contribution >= 4 is 38.1 Å². The number of amides is 1. The number of anilines is 2. The summed E-state index contributed by atoms with van der Waals surface area (Å²) >= 11 is 0. The molecule has 3 aromatic rings. The van der Waals surface area contributed by atoms with Gasteiger partial charge < -0.3 is 10.2 Å². The molecule has 0 bridgehead atoms. The molecule has 152 valence electrons. The van der Waals surface area contributed by atoms with Gasteiger partial charge in [-0.1, -0.05) is 36.4 Å². The molecule has 0 spiro atoms. The van der Waals surface area contributed by atoms with Gasteiger partial charge in [-0.3, -0.25) is 4.79 Å². The molecule has 0 radical (unpaired) electrons. The molecular weight excluding hydrogens is 386 g/mol. The Morgan fingerprint density at radius 1 is 0.897 bits per heavy atom. The molecule has 0 aliphatic rings. The van der Waals surface area contributed by atoms with Crippen molar-refractivity contribution in [2.75, 3.05) is 31.4 Å². The summed E-state index contributed by atoms with van der Waals surface area (Å²) in [5.41, 5.74) is 1.37. The highest BCUT2D eigenvalue weighted by Crippen LogP contribution is 2.23. The number of likely N-dealkylation sites (N-methyl/N-ethyl adjacent to an activating group) is 1. The standard InChI is InChI=1S/C22H25N3O3S/c1-16(25(4)20-13-12-17-8-5-6-9-18(17)14-20)22(26)23-19-10-7-11-21(15-19)29(27,28)24(2)3/h5-16H,1-4H3,(H,23,26)/t16-/m0/s1.